The summed E-state index contributed by atoms with van der Waals surface area (Å²) >= 11 is 4.69. The van der Waals surface area contributed by atoms with Gasteiger partial charge in [-0.15, -0.1) is 34.4 Å². The van der Waals surface area contributed by atoms with Crippen LogP contribution in [-0.2, 0) is 5.75 Å². The largest absolute Gasteiger partial charge is 0.322 e. The minimum Gasteiger partial charge on any atom is -0.322 e. The van der Waals surface area contributed by atoms with Crippen LogP contribution in [0.15, 0.2) is 70.4 Å². The van der Waals surface area contributed by atoms with Crippen LogP contribution < -0.4 is 10.6 Å². The van der Waals surface area contributed by atoms with Gasteiger partial charge in [0.15, 0.2) is 5.13 Å². The lowest BCUT2D eigenvalue weighted by Gasteiger charge is -2.07. The van der Waals surface area contributed by atoms with Gasteiger partial charge in [-0.2, -0.15) is 0 Å². The number of carbonyl (C=O) groups excluding carboxylic acids is 2. The zero-order valence-corrected chi connectivity index (χ0v) is 18.9. The van der Waals surface area contributed by atoms with Gasteiger partial charge in [-0.25, -0.2) is 9.97 Å². The number of rotatable bonds is 7. The van der Waals surface area contributed by atoms with Crippen LogP contribution in [0.1, 0.15) is 31.4 Å². The summed E-state index contributed by atoms with van der Waals surface area (Å²) in [5, 5.41) is 11.1. The van der Waals surface area contributed by atoms with Crippen LogP contribution >= 0.6 is 34.4 Å². The Bertz CT molecular complexity index is 1170. The second-order valence-corrected chi connectivity index (χ2v) is 9.50. The van der Waals surface area contributed by atoms with Crippen LogP contribution in [-0.4, -0.2) is 21.8 Å². The number of aryl methyl sites for hydroxylation is 1. The van der Waals surface area contributed by atoms with Crippen LogP contribution in [0.5, 0.6) is 0 Å². The second-order valence-electron chi connectivity index (χ2n) is 6.49. The number of carbonyl (C=O) groups is 2. The molecule has 156 valence electrons. The number of nitrogens with one attached hydrogen (secondary N) is 2. The van der Waals surface area contributed by atoms with Gasteiger partial charge in [0, 0.05) is 44.4 Å². The number of nitrogens with zero attached hydrogens (tertiary/aromatic N) is 2. The van der Waals surface area contributed by atoms with Crippen molar-refractivity contribution in [3.63, 3.8) is 0 Å². The summed E-state index contributed by atoms with van der Waals surface area (Å²) in [5.74, 6) is 0.360. The highest BCUT2D eigenvalue weighted by atomic mass is 32.2. The van der Waals surface area contributed by atoms with E-state index >= 15 is 0 Å². The molecule has 0 fully saturated rings. The average Bonchev–Trinajstić information content (AvgIpc) is 3.44. The Balaban J connectivity index is 1.31. The molecule has 0 saturated carbocycles. The Labute approximate surface area is 191 Å². The topological polar surface area (TPSA) is 84.0 Å². The Morgan fingerprint density at radius 2 is 1.61 bits per heavy atom. The Morgan fingerprint density at radius 3 is 2.23 bits per heavy atom. The minimum atomic E-state index is -0.242. The molecule has 0 aliphatic rings. The maximum atomic E-state index is 12.5. The van der Waals surface area contributed by atoms with E-state index < -0.39 is 0 Å². The third kappa shape index (κ3) is 5.78. The predicted molar refractivity (Wildman–Crippen MR) is 127 cm³/mol. The first-order chi connectivity index (χ1) is 15.1. The summed E-state index contributed by atoms with van der Waals surface area (Å²) in [4.78, 5) is 34.3. The summed E-state index contributed by atoms with van der Waals surface area (Å²) in [5.41, 5.74) is 2.75. The van der Waals surface area contributed by atoms with Gasteiger partial charge < -0.3 is 5.32 Å². The third-order valence-corrected chi connectivity index (χ3v) is 6.78. The molecular formula is C22H18N4O2S3. The van der Waals surface area contributed by atoms with E-state index in [4.69, 9.17) is 0 Å². The molecule has 2 amide bonds. The number of aromatic nitrogens is 2. The van der Waals surface area contributed by atoms with Gasteiger partial charge in [-0.1, -0.05) is 0 Å². The average molecular weight is 467 g/mol. The molecule has 0 bridgehead atoms. The maximum Gasteiger partial charge on any atom is 0.257 e. The van der Waals surface area contributed by atoms with Crippen molar-refractivity contribution in [2.45, 2.75) is 17.6 Å². The molecule has 6 nitrogen and oxygen atoms in total. The van der Waals surface area contributed by atoms with Crippen molar-refractivity contribution in [3.05, 3.63) is 87.3 Å². The van der Waals surface area contributed by atoms with Gasteiger partial charge >= 0.3 is 0 Å². The lowest BCUT2D eigenvalue weighted by molar-refractivity contribution is 0.102. The zero-order valence-electron chi connectivity index (χ0n) is 16.5. The Kier molecular flexibility index (Phi) is 6.76. The highest BCUT2D eigenvalue weighted by Gasteiger charge is 2.10. The highest BCUT2D eigenvalue weighted by molar-refractivity contribution is 7.98. The van der Waals surface area contributed by atoms with Gasteiger partial charge in [0.05, 0.1) is 10.7 Å². The molecule has 2 heterocycles. The van der Waals surface area contributed by atoms with E-state index in [0.717, 1.165) is 21.3 Å². The van der Waals surface area contributed by atoms with Crippen LogP contribution in [0.4, 0.5) is 10.8 Å². The van der Waals surface area contributed by atoms with E-state index in [2.05, 4.69) is 26.0 Å². The van der Waals surface area contributed by atoms with E-state index in [1.165, 1.54) is 11.3 Å². The summed E-state index contributed by atoms with van der Waals surface area (Å²) in [6, 6.07) is 14.2. The summed E-state index contributed by atoms with van der Waals surface area (Å²) in [7, 11) is 0. The fraction of sp³-hybridized carbons (Fsp3) is 0.0909. The van der Waals surface area contributed by atoms with Crippen LogP contribution in [0.3, 0.4) is 0 Å². The fourth-order valence-electron chi connectivity index (χ4n) is 2.70. The molecule has 0 atom stereocenters. The summed E-state index contributed by atoms with van der Waals surface area (Å²) in [6.45, 7) is 2.00. The molecule has 0 unspecified atom stereocenters. The van der Waals surface area contributed by atoms with Gasteiger partial charge in [-0.3, -0.25) is 14.9 Å². The first-order valence-electron chi connectivity index (χ1n) is 9.33. The molecule has 0 spiro atoms. The van der Waals surface area contributed by atoms with Gasteiger partial charge in [0.1, 0.15) is 0 Å². The van der Waals surface area contributed by atoms with E-state index in [1.807, 2.05) is 19.1 Å². The normalized spacial score (nSPS) is 10.6. The van der Waals surface area contributed by atoms with Crippen molar-refractivity contribution in [1.82, 2.24) is 9.97 Å². The van der Waals surface area contributed by atoms with Crippen molar-refractivity contribution >= 4 is 57.1 Å². The number of thioether (sulfide) groups is 1. The van der Waals surface area contributed by atoms with E-state index in [9.17, 15) is 9.59 Å². The molecule has 0 saturated heterocycles. The molecule has 0 radical (unpaired) electrons. The maximum absolute atomic E-state index is 12.5. The SMILES string of the molecule is Cc1nc(CSc2ccc(C(=O)Nc3ccc(C(=O)Nc4nccs4)cc3)cc2)cs1. The third-order valence-electron chi connectivity index (χ3n) is 4.23. The number of hydrogen-bond donors (Lipinski definition) is 2. The second kappa shape index (κ2) is 9.86. The monoisotopic (exact) mass is 466 g/mol. The molecular weight excluding hydrogens is 448 g/mol. The lowest BCUT2D eigenvalue weighted by atomic mass is 10.1. The molecule has 4 rings (SSSR count). The van der Waals surface area contributed by atoms with Crippen LogP contribution in [0.2, 0.25) is 0 Å². The zero-order chi connectivity index (χ0) is 21.6. The lowest BCUT2D eigenvalue weighted by Crippen LogP contribution is -2.13. The predicted octanol–water partition coefficient (Wildman–Crippen LogP) is 5.70. The van der Waals surface area contributed by atoms with Gasteiger partial charge in [-0.05, 0) is 55.5 Å². The number of anilines is 2. The molecule has 2 N–H and O–H groups in total. The van der Waals surface area contributed by atoms with Crippen LogP contribution in [0, 0.1) is 6.92 Å². The molecule has 31 heavy (non-hydrogen) atoms. The quantitative estimate of drug-likeness (QED) is 0.341. The Morgan fingerprint density at radius 1 is 0.935 bits per heavy atom. The van der Waals surface area contributed by atoms with Crippen molar-refractivity contribution in [3.8, 4) is 0 Å². The smallest absolute Gasteiger partial charge is 0.257 e. The van der Waals surface area contributed by atoms with E-state index in [1.54, 1.807) is 71.1 Å². The number of hydrogen-bond acceptors (Lipinski definition) is 7. The number of amides is 2. The molecule has 4 aromatic rings. The van der Waals surface area contributed by atoms with Crippen molar-refractivity contribution in [2.75, 3.05) is 10.6 Å². The van der Waals surface area contributed by atoms with Gasteiger partial charge in [0.25, 0.3) is 11.8 Å². The number of thiazole rings is 2. The molecule has 0 aliphatic carbocycles. The van der Waals surface area contributed by atoms with Gasteiger partial charge in [0.2, 0.25) is 0 Å². The standard InChI is InChI=1S/C22H18N4O2S3/c1-14-24-18(12-30-14)13-31-19-8-4-16(5-9-19)20(27)25-17-6-2-15(3-7-17)21(28)26-22-23-10-11-29-22/h2-12H,13H2,1H3,(H,25,27)(H,23,26,28). The van der Waals surface area contributed by atoms with Crippen molar-refractivity contribution < 1.29 is 9.59 Å². The van der Waals surface area contributed by atoms with Crippen molar-refractivity contribution in [1.29, 1.82) is 0 Å². The van der Waals surface area contributed by atoms with E-state index in [-0.39, 0.29) is 11.8 Å². The molecule has 2 aromatic carbocycles. The Hall–Kier alpha value is -3.01. The molecule has 9 heteroatoms. The molecule has 2 aromatic heterocycles. The minimum absolute atomic E-state index is 0.202. The summed E-state index contributed by atoms with van der Waals surface area (Å²) in [6.07, 6.45) is 1.63. The van der Waals surface area contributed by atoms with Crippen LogP contribution in [0.25, 0.3) is 0 Å². The van der Waals surface area contributed by atoms with E-state index in [0.29, 0.717) is 21.9 Å². The molecule has 0 aliphatic heterocycles. The number of benzene rings is 2. The first kappa shape index (κ1) is 21.2. The summed E-state index contributed by atoms with van der Waals surface area (Å²) < 4.78 is 0. The highest BCUT2D eigenvalue weighted by Crippen LogP contribution is 2.24. The fourth-order valence-corrected chi connectivity index (χ4v) is 4.73. The van der Waals surface area contributed by atoms with Crippen molar-refractivity contribution in [2.24, 2.45) is 0 Å². The first-order valence-corrected chi connectivity index (χ1v) is 12.1.